The van der Waals surface area contributed by atoms with Crippen molar-refractivity contribution in [3.05, 3.63) is 0 Å². The van der Waals surface area contributed by atoms with Crippen LogP contribution in [0.3, 0.4) is 0 Å². The van der Waals surface area contributed by atoms with Crippen molar-refractivity contribution < 1.29 is 19.8 Å². The van der Waals surface area contributed by atoms with Crippen molar-refractivity contribution >= 4 is 11.9 Å². The Morgan fingerprint density at radius 2 is 2.22 bits per heavy atom. The van der Waals surface area contributed by atoms with E-state index in [1.54, 1.807) is 0 Å². The van der Waals surface area contributed by atoms with Gasteiger partial charge < -0.3 is 21.3 Å². The minimum absolute atomic E-state index is 0.00724. The predicted octanol–water partition coefficient (Wildman–Crippen LogP) is -0.154. The van der Waals surface area contributed by atoms with Crippen molar-refractivity contribution in [2.75, 3.05) is 6.54 Å². The summed E-state index contributed by atoms with van der Waals surface area (Å²) in [6.45, 7) is 2.20. The fraction of sp³-hybridized carbons (Fsp3) is 0.833. The Bertz CT molecular complexity index is 321. The van der Waals surface area contributed by atoms with Crippen molar-refractivity contribution in [3.63, 3.8) is 0 Å². The molecule has 104 valence electrons. The molecule has 1 aliphatic rings. The topological polar surface area (TPSA) is 113 Å². The first-order chi connectivity index (χ1) is 8.35. The van der Waals surface area contributed by atoms with Crippen LogP contribution in [-0.2, 0) is 9.59 Å². The summed E-state index contributed by atoms with van der Waals surface area (Å²) in [4.78, 5) is 22.3. The van der Waals surface area contributed by atoms with Gasteiger partial charge in [0.05, 0.1) is 5.54 Å². The molecule has 0 radical (unpaired) electrons. The van der Waals surface area contributed by atoms with Crippen LogP contribution in [0.4, 0.5) is 0 Å². The third kappa shape index (κ3) is 3.96. The van der Waals surface area contributed by atoms with Gasteiger partial charge >= 0.3 is 5.97 Å². The Hall–Kier alpha value is -1.14. The van der Waals surface area contributed by atoms with Crippen molar-refractivity contribution in [1.29, 1.82) is 0 Å². The molecule has 1 fully saturated rings. The standard InChI is InChI=1S/C12H22N2O4/c1-8-3-2-5-12(13,7-8)11(18)14-6-4-9(15)10(16)17/h8-9,15H,2-7,13H2,1H3,(H,14,18)(H,16,17). The number of aliphatic carboxylic acids is 1. The number of hydrogen-bond donors (Lipinski definition) is 4. The first-order valence-corrected chi connectivity index (χ1v) is 6.33. The number of carbonyl (C=O) groups is 2. The number of carboxylic acids is 1. The number of carbonyl (C=O) groups excluding carboxylic acids is 1. The summed E-state index contributed by atoms with van der Waals surface area (Å²) >= 11 is 0. The number of hydrogen-bond acceptors (Lipinski definition) is 4. The highest BCUT2D eigenvalue weighted by Gasteiger charge is 2.37. The molecule has 0 aliphatic heterocycles. The van der Waals surface area contributed by atoms with Gasteiger partial charge in [0.15, 0.2) is 6.10 Å². The van der Waals surface area contributed by atoms with Crippen LogP contribution >= 0.6 is 0 Å². The third-order valence-corrected chi connectivity index (χ3v) is 3.47. The maximum atomic E-state index is 12.0. The molecule has 1 saturated carbocycles. The summed E-state index contributed by atoms with van der Waals surface area (Å²) in [6, 6.07) is 0. The van der Waals surface area contributed by atoms with Gasteiger partial charge in [-0.2, -0.15) is 0 Å². The molecule has 0 heterocycles. The van der Waals surface area contributed by atoms with E-state index in [1.807, 2.05) is 0 Å². The average molecular weight is 258 g/mol. The minimum Gasteiger partial charge on any atom is -0.479 e. The van der Waals surface area contributed by atoms with Crippen LogP contribution < -0.4 is 11.1 Å². The molecule has 1 aliphatic carbocycles. The molecule has 0 aromatic rings. The lowest BCUT2D eigenvalue weighted by Crippen LogP contribution is -2.56. The maximum Gasteiger partial charge on any atom is 0.332 e. The fourth-order valence-corrected chi connectivity index (χ4v) is 2.42. The SMILES string of the molecule is CC1CCCC(N)(C(=O)NCCC(O)C(=O)O)C1. The van der Waals surface area contributed by atoms with E-state index >= 15 is 0 Å². The molecule has 0 aromatic heterocycles. The number of carboxylic acid groups (broad SMARTS) is 1. The van der Waals surface area contributed by atoms with E-state index in [9.17, 15) is 9.59 Å². The van der Waals surface area contributed by atoms with Gasteiger partial charge in [-0.1, -0.05) is 19.8 Å². The molecule has 3 atom stereocenters. The monoisotopic (exact) mass is 258 g/mol. The fourth-order valence-electron chi connectivity index (χ4n) is 2.42. The molecule has 1 amide bonds. The lowest BCUT2D eigenvalue weighted by Gasteiger charge is -2.35. The lowest BCUT2D eigenvalue weighted by molar-refractivity contribution is -0.147. The molecule has 6 nitrogen and oxygen atoms in total. The molecule has 3 unspecified atom stereocenters. The van der Waals surface area contributed by atoms with Crippen LogP contribution in [0, 0.1) is 5.92 Å². The van der Waals surface area contributed by atoms with Crippen LogP contribution in [0.5, 0.6) is 0 Å². The van der Waals surface area contributed by atoms with Gasteiger partial charge in [-0.3, -0.25) is 4.79 Å². The van der Waals surface area contributed by atoms with Gasteiger partial charge in [0.25, 0.3) is 0 Å². The number of amides is 1. The maximum absolute atomic E-state index is 12.0. The Balaban J connectivity index is 2.38. The van der Waals surface area contributed by atoms with Crippen LogP contribution in [0.15, 0.2) is 0 Å². The zero-order chi connectivity index (χ0) is 13.8. The molecule has 0 saturated heterocycles. The molecule has 0 spiro atoms. The third-order valence-electron chi connectivity index (χ3n) is 3.47. The average Bonchev–Trinajstić information content (AvgIpc) is 2.28. The van der Waals surface area contributed by atoms with Crippen LogP contribution in [0.25, 0.3) is 0 Å². The van der Waals surface area contributed by atoms with Crippen molar-refractivity contribution in [2.24, 2.45) is 11.7 Å². The second kappa shape index (κ2) is 6.15. The second-order valence-corrected chi connectivity index (χ2v) is 5.26. The highest BCUT2D eigenvalue weighted by molar-refractivity contribution is 5.86. The lowest BCUT2D eigenvalue weighted by atomic mass is 9.76. The molecular weight excluding hydrogens is 236 g/mol. The summed E-state index contributed by atoms with van der Waals surface area (Å²) in [5, 5.41) is 20.2. The quantitative estimate of drug-likeness (QED) is 0.547. The van der Waals surface area contributed by atoms with E-state index in [1.165, 1.54) is 0 Å². The molecule has 18 heavy (non-hydrogen) atoms. The first-order valence-electron chi connectivity index (χ1n) is 6.33. The van der Waals surface area contributed by atoms with Crippen LogP contribution in [-0.4, -0.2) is 40.3 Å². The smallest absolute Gasteiger partial charge is 0.332 e. The number of nitrogens with two attached hydrogens (primary N) is 1. The van der Waals surface area contributed by atoms with E-state index in [4.69, 9.17) is 15.9 Å². The highest BCUT2D eigenvalue weighted by atomic mass is 16.4. The summed E-state index contributed by atoms with van der Waals surface area (Å²) < 4.78 is 0. The molecule has 0 bridgehead atoms. The van der Waals surface area contributed by atoms with Gasteiger partial charge in [0, 0.05) is 13.0 Å². The Morgan fingerprint density at radius 1 is 1.56 bits per heavy atom. The van der Waals surface area contributed by atoms with E-state index in [0.29, 0.717) is 18.8 Å². The van der Waals surface area contributed by atoms with E-state index < -0.39 is 17.6 Å². The van der Waals surface area contributed by atoms with Gasteiger partial charge in [-0.25, -0.2) is 4.79 Å². The number of aliphatic hydroxyl groups excluding tert-OH is 1. The number of aliphatic hydroxyl groups is 1. The normalized spacial score (nSPS) is 29.6. The molecule has 6 heteroatoms. The largest absolute Gasteiger partial charge is 0.479 e. The van der Waals surface area contributed by atoms with E-state index in [-0.39, 0.29) is 18.9 Å². The zero-order valence-corrected chi connectivity index (χ0v) is 10.7. The second-order valence-electron chi connectivity index (χ2n) is 5.26. The van der Waals surface area contributed by atoms with Gasteiger partial charge in [-0.05, 0) is 18.8 Å². The summed E-state index contributed by atoms with van der Waals surface area (Å²) in [6.07, 6.45) is 1.88. The first kappa shape index (κ1) is 14.9. The molecule has 5 N–H and O–H groups in total. The molecule has 1 rings (SSSR count). The van der Waals surface area contributed by atoms with Crippen LogP contribution in [0.1, 0.15) is 39.0 Å². The van der Waals surface area contributed by atoms with E-state index in [2.05, 4.69) is 12.2 Å². The van der Waals surface area contributed by atoms with E-state index in [0.717, 1.165) is 12.8 Å². The van der Waals surface area contributed by atoms with Crippen molar-refractivity contribution in [3.8, 4) is 0 Å². The predicted molar refractivity (Wildman–Crippen MR) is 65.8 cm³/mol. The Morgan fingerprint density at radius 3 is 2.78 bits per heavy atom. The molecule has 0 aromatic carbocycles. The summed E-state index contributed by atoms with van der Waals surface area (Å²) in [7, 11) is 0. The molecular formula is C12H22N2O4. The van der Waals surface area contributed by atoms with Crippen molar-refractivity contribution in [2.45, 2.75) is 50.7 Å². The van der Waals surface area contributed by atoms with Gasteiger partial charge in [-0.15, -0.1) is 0 Å². The summed E-state index contributed by atoms with van der Waals surface area (Å²) in [5.74, 6) is -1.09. The zero-order valence-electron chi connectivity index (χ0n) is 10.7. The number of rotatable bonds is 5. The Kier molecular flexibility index (Phi) is 5.10. The summed E-state index contributed by atoms with van der Waals surface area (Å²) in [5.41, 5.74) is 5.24. The van der Waals surface area contributed by atoms with Crippen molar-refractivity contribution in [1.82, 2.24) is 5.32 Å². The minimum atomic E-state index is -1.44. The van der Waals surface area contributed by atoms with Gasteiger partial charge in [0.2, 0.25) is 5.91 Å². The van der Waals surface area contributed by atoms with Gasteiger partial charge in [0.1, 0.15) is 0 Å². The highest BCUT2D eigenvalue weighted by Crippen LogP contribution is 2.30. The van der Waals surface area contributed by atoms with Crippen LogP contribution in [0.2, 0.25) is 0 Å². The Labute approximate surface area is 107 Å². The number of nitrogens with one attached hydrogen (secondary N) is 1.